The summed E-state index contributed by atoms with van der Waals surface area (Å²) in [6, 6.07) is 11.5. The van der Waals surface area contributed by atoms with Crippen LogP contribution in [0.2, 0.25) is 0 Å². The molecular formula is C15H15N3O. The van der Waals surface area contributed by atoms with Crippen molar-refractivity contribution in [1.29, 1.82) is 0 Å². The summed E-state index contributed by atoms with van der Waals surface area (Å²) in [4.78, 5) is 8.79. The Hall–Kier alpha value is -2.54. The highest BCUT2D eigenvalue weighted by Gasteiger charge is 2.06. The van der Waals surface area contributed by atoms with Gasteiger partial charge in [-0.1, -0.05) is 30.3 Å². The lowest BCUT2D eigenvalue weighted by molar-refractivity contribution is 0.314. The Labute approximate surface area is 112 Å². The van der Waals surface area contributed by atoms with Crippen LogP contribution in [0.3, 0.4) is 0 Å². The van der Waals surface area contributed by atoms with Crippen LogP contribution in [0.4, 0.5) is 5.82 Å². The first-order valence-electron chi connectivity index (χ1n) is 6.02. The molecule has 0 radical (unpaired) electrons. The van der Waals surface area contributed by atoms with Gasteiger partial charge in [0.1, 0.15) is 12.4 Å². The molecule has 1 aromatic heterocycles. The van der Waals surface area contributed by atoms with E-state index >= 15 is 0 Å². The van der Waals surface area contributed by atoms with Crippen molar-refractivity contribution in [3.05, 3.63) is 36.4 Å². The van der Waals surface area contributed by atoms with Crippen LogP contribution < -0.4 is 10.1 Å². The van der Waals surface area contributed by atoms with E-state index in [-0.39, 0.29) is 0 Å². The quantitative estimate of drug-likeness (QED) is 0.657. The molecule has 0 atom stereocenters. The average molecular weight is 253 g/mol. The molecule has 0 aliphatic heterocycles. The fourth-order valence-corrected chi connectivity index (χ4v) is 1.56. The predicted molar refractivity (Wildman–Crippen MR) is 76.0 cm³/mol. The highest BCUT2D eigenvalue weighted by atomic mass is 16.5. The van der Waals surface area contributed by atoms with Gasteiger partial charge >= 0.3 is 0 Å². The summed E-state index contributed by atoms with van der Waals surface area (Å²) in [5.41, 5.74) is 0.946. The molecule has 2 rings (SSSR count). The van der Waals surface area contributed by atoms with Gasteiger partial charge in [-0.25, -0.2) is 4.98 Å². The van der Waals surface area contributed by atoms with Crippen LogP contribution >= 0.6 is 0 Å². The van der Waals surface area contributed by atoms with Gasteiger partial charge in [0.2, 0.25) is 5.88 Å². The maximum absolute atomic E-state index is 5.52. The number of ether oxygens (including phenoxy) is 1. The van der Waals surface area contributed by atoms with Gasteiger partial charge in [-0.15, -0.1) is 12.3 Å². The fraction of sp³-hybridized carbons (Fsp3) is 0.200. The monoisotopic (exact) mass is 253 g/mol. The number of rotatable bonds is 5. The second-order valence-electron chi connectivity index (χ2n) is 3.83. The summed E-state index contributed by atoms with van der Waals surface area (Å²) in [7, 11) is 1.81. The number of hydrogen-bond acceptors (Lipinski definition) is 4. The zero-order valence-electron chi connectivity index (χ0n) is 10.8. The summed E-state index contributed by atoms with van der Waals surface area (Å²) in [5.74, 6) is 4.39. The first kappa shape index (κ1) is 12.9. The van der Waals surface area contributed by atoms with Crippen molar-refractivity contribution in [3.63, 3.8) is 0 Å². The molecule has 0 unspecified atom stereocenters. The molecule has 0 amide bonds. The first-order valence-corrected chi connectivity index (χ1v) is 6.02. The van der Waals surface area contributed by atoms with Gasteiger partial charge in [-0.05, 0) is 0 Å². The van der Waals surface area contributed by atoms with E-state index in [4.69, 9.17) is 11.2 Å². The molecule has 2 aromatic rings. The molecule has 0 aliphatic rings. The summed E-state index contributed by atoms with van der Waals surface area (Å²) < 4.78 is 5.52. The Kier molecular flexibility index (Phi) is 4.35. The van der Waals surface area contributed by atoms with Gasteiger partial charge in [0.15, 0.2) is 5.82 Å². The second-order valence-corrected chi connectivity index (χ2v) is 3.83. The maximum atomic E-state index is 5.52. The van der Waals surface area contributed by atoms with E-state index in [0.29, 0.717) is 30.5 Å². The summed E-state index contributed by atoms with van der Waals surface area (Å²) in [6.45, 7) is 0.449. The van der Waals surface area contributed by atoms with E-state index in [1.807, 2.05) is 37.4 Å². The van der Waals surface area contributed by atoms with Crippen LogP contribution in [-0.2, 0) is 0 Å². The van der Waals surface area contributed by atoms with Crippen LogP contribution in [0.15, 0.2) is 36.4 Å². The Balaban J connectivity index is 2.29. The molecule has 0 saturated carbocycles. The van der Waals surface area contributed by atoms with E-state index in [1.165, 1.54) is 0 Å². The van der Waals surface area contributed by atoms with Crippen molar-refractivity contribution in [2.45, 2.75) is 6.42 Å². The minimum atomic E-state index is 0.449. The van der Waals surface area contributed by atoms with Crippen LogP contribution in [0.25, 0.3) is 11.4 Å². The number of aromatic nitrogens is 2. The number of benzene rings is 1. The lowest BCUT2D eigenvalue weighted by atomic mass is 10.2. The summed E-state index contributed by atoms with van der Waals surface area (Å²) >= 11 is 0. The van der Waals surface area contributed by atoms with Gasteiger partial charge in [0.25, 0.3) is 0 Å². The molecule has 19 heavy (non-hydrogen) atoms. The molecule has 96 valence electrons. The number of terminal acetylenes is 1. The molecule has 1 heterocycles. The molecule has 4 heteroatoms. The van der Waals surface area contributed by atoms with Crippen molar-refractivity contribution in [1.82, 2.24) is 9.97 Å². The number of anilines is 1. The normalized spacial score (nSPS) is 9.68. The van der Waals surface area contributed by atoms with Gasteiger partial charge < -0.3 is 10.1 Å². The van der Waals surface area contributed by atoms with Crippen LogP contribution in [0, 0.1) is 12.3 Å². The highest BCUT2D eigenvalue weighted by Crippen LogP contribution is 2.21. The topological polar surface area (TPSA) is 47.0 Å². The van der Waals surface area contributed by atoms with E-state index in [1.54, 1.807) is 6.07 Å². The molecule has 0 fully saturated rings. The predicted octanol–water partition coefficient (Wildman–Crippen LogP) is 2.59. The van der Waals surface area contributed by atoms with Crippen molar-refractivity contribution in [2.75, 3.05) is 19.0 Å². The maximum Gasteiger partial charge on any atom is 0.219 e. The van der Waals surface area contributed by atoms with E-state index in [2.05, 4.69) is 21.2 Å². The number of nitrogens with zero attached hydrogens (tertiary/aromatic N) is 2. The molecule has 0 aliphatic carbocycles. The minimum Gasteiger partial charge on any atom is -0.477 e. The molecule has 4 nitrogen and oxygen atoms in total. The van der Waals surface area contributed by atoms with Crippen molar-refractivity contribution >= 4 is 5.82 Å². The molecule has 1 aromatic carbocycles. The summed E-state index contributed by atoms with van der Waals surface area (Å²) in [6.07, 6.45) is 5.75. The first-order chi connectivity index (χ1) is 9.33. The molecule has 1 N–H and O–H groups in total. The standard InChI is InChI=1S/C15H15N3O/c1-3-4-10-19-14-11-13(16-2)17-15(18-14)12-8-6-5-7-9-12/h1,5-9,11H,4,10H2,2H3,(H,16,17,18). The fourth-order valence-electron chi connectivity index (χ4n) is 1.56. The highest BCUT2D eigenvalue weighted by molar-refractivity contribution is 5.58. The third-order valence-electron chi connectivity index (χ3n) is 2.49. The lowest BCUT2D eigenvalue weighted by Crippen LogP contribution is -2.02. The van der Waals surface area contributed by atoms with Crippen LogP contribution in [0.5, 0.6) is 5.88 Å². The average Bonchev–Trinajstić information content (AvgIpc) is 2.48. The summed E-state index contributed by atoms with van der Waals surface area (Å²) in [5, 5.41) is 3.00. The Morgan fingerprint density at radius 3 is 2.74 bits per heavy atom. The Morgan fingerprint density at radius 1 is 1.26 bits per heavy atom. The number of nitrogens with one attached hydrogen (secondary N) is 1. The van der Waals surface area contributed by atoms with Gasteiger partial charge in [0, 0.05) is 25.1 Å². The molecule has 0 saturated heterocycles. The Bertz CT molecular complexity index is 576. The SMILES string of the molecule is C#CCCOc1cc(NC)nc(-c2ccccc2)n1. The second kappa shape index (κ2) is 6.41. The molecule has 0 bridgehead atoms. The van der Waals surface area contributed by atoms with E-state index < -0.39 is 0 Å². The Morgan fingerprint density at radius 2 is 2.05 bits per heavy atom. The van der Waals surface area contributed by atoms with Crippen molar-refractivity contribution in [3.8, 4) is 29.6 Å². The molecule has 0 spiro atoms. The lowest BCUT2D eigenvalue weighted by Gasteiger charge is -2.08. The van der Waals surface area contributed by atoms with Crippen LogP contribution in [0.1, 0.15) is 6.42 Å². The van der Waals surface area contributed by atoms with Gasteiger partial charge in [0.05, 0.1) is 0 Å². The largest absolute Gasteiger partial charge is 0.477 e. The van der Waals surface area contributed by atoms with Crippen LogP contribution in [-0.4, -0.2) is 23.6 Å². The van der Waals surface area contributed by atoms with Crippen molar-refractivity contribution in [2.24, 2.45) is 0 Å². The van der Waals surface area contributed by atoms with E-state index in [9.17, 15) is 0 Å². The third-order valence-corrected chi connectivity index (χ3v) is 2.49. The van der Waals surface area contributed by atoms with E-state index in [0.717, 1.165) is 5.56 Å². The smallest absolute Gasteiger partial charge is 0.219 e. The van der Waals surface area contributed by atoms with Gasteiger partial charge in [-0.2, -0.15) is 4.98 Å². The molecular weight excluding hydrogens is 238 g/mol. The zero-order chi connectivity index (χ0) is 13.5. The van der Waals surface area contributed by atoms with Gasteiger partial charge in [-0.3, -0.25) is 0 Å². The third kappa shape index (κ3) is 3.46. The number of hydrogen-bond donors (Lipinski definition) is 1. The zero-order valence-corrected chi connectivity index (χ0v) is 10.8. The minimum absolute atomic E-state index is 0.449. The van der Waals surface area contributed by atoms with Crippen molar-refractivity contribution < 1.29 is 4.74 Å².